The summed E-state index contributed by atoms with van der Waals surface area (Å²) >= 11 is 0. The van der Waals surface area contributed by atoms with E-state index in [0.29, 0.717) is 57.9 Å². The number of likely N-dealkylation sites (tertiary alicyclic amines) is 1. The normalized spacial score (nSPS) is 23.2. The molecule has 1 aromatic heterocycles. The minimum absolute atomic E-state index is 0.153. The zero-order chi connectivity index (χ0) is 20.3. The number of hydrogen-bond acceptors (Lipinski definition) is 6. The summed E-state index contributed by atoms with van der Waals surface area (Å²) in [6.07, 6.45) is 8.15. The molecule has 1 aliphatic carbocycles. The van der Waals surface area contributed by atoms with Crippen LogP contribution in [0.5, 0.6) is 0 Å². The molecule has 2 amide bonds. The van der Waals surface area contributed by atoms with Crippen molar-refractivity contribution < 1.29 is 19.4 Å². The first-order valence-corrected chi connectivity index (χ1v) is 10.8. The number of ether oxygens (including phenoxy) is 1. The van der Waals surface area contributed by atoms with E-state index in [9.17, 15) is 14.7 Å². The molecule has 0 aromatic carbocycles. The Morgan fingerprint density at radius 3 is 2.45 bits per heavy atom. The molecule has 3 fully saturated rings. The summed E-state index contributed by atoms with van der Waals surface area (Å²) < 4.78 is 6.82. The van der Waals surface area contributed by atoms with Gasteiger partial charge in [0, 0.05) is 32.1 Å². The van der Waals surface area contributed by atoms with E-state index in [1.807, 2.05) is 4.90 Å². The molecule has 3 heterocycles. The molecule has 3 aliphatic rings. The standard InChI is InChI=1S/C20H31N5O4/c26-18(16-4-2-1-3-5-16)23-8-6-20(28,7-9-23)15-25-14-17(21-22-25)19(27)24-10-12-29-13-11-24/h14,16,28H,1-13,15H2. The molecule has 0 radical (unpaired) electrons. The van der Waals surface area contributed by atoms with E-state index >= 15 is 0 Å². The lowest BCUT2D eigenvalue weighted by Crippen LogP contribution is -2.50. The Morgan fingerprint density at radius 2 is 1.76 bits per heavy atom. The quantitative estimate of drug-likeness (QED) is 0.791. The third-order valence-electron chi connectivity index (χ3n) is 6.47. The summed E-state index contributed by atoms with van der Waals surface area (Å²) in [6.45, 7) is 3.61. The first-order chi connectivity index (χ1) is 14.0. The van der Waals surface area contributed by atoms with Gasteiger partial charge in [-0.25, -0.2) is 4.68 Å². The molecular weight excluding hydrogens is 374 g/mol. The summed E-state index contributed by atoms with van der Waals surface area (Å²) in [7, 11) is 0. The van der Waals surface area contributed by atoms with Gasteiger partial charge in [-0.1, -0.05) is 24.5 Å². The van der Waals surface area contributed by atoms with Crippen molar-refractivity contribution >= 4 is 11.8 Å². The number of rotatable bonds is 4. The number of hydrogen-bond donors (Lipinski definition) is 1. The lowest BCUT2D eigenvalue weighted by molar-refractivity contribution is -0.141. The van der Waals surface area contributed by atoms with Crippen LogP contribution in [0.15, 0.2) is 6.20 Å². The Kier molecular flexibility index (Phi) is 6.15. The number of nitrogens with zero attached hydrogens (tertiary/aromatic N) is 5. The van der Waals surface area contributed by atoms with E-state index < -0.39 is 5.60 Å². The highest BCUT2D eigenvalue weighted by atomic mass is 16.5. The molecule has 0 bridgehead atoms. The van der Waals surface area contributed by atoms with Crippen molar-refractivity contribution in [1.82, 2.24) is 24.8 Å². The number of carbonyl (C=O) groups excluding carboxylic acids is 2. The molecule has 1 aromatic rings. The molecular formula is C20H31N5O4. The van der Waals surface area contributed by atoms with Crippen LogP contribution >= 0.6 is 0 Å². The summed E-state index contributed by atoms with van der Waals surface area (Å²) in [6, 6.07) is 0. The Balaban J connectivity index is 1.30. The van der Waals surface area contributed by atoms with E-state index in [2.05, 4.69) is 10.3 Å². The van der Waals surface area contributed by atoms with Crippen LogP contribution in [0.4, 0.5) is 0 Å². The van der Waals surface area contributed by atoms with Crippen LogP contribution in [0.3, 0.4) is 0 Å². The molecule has 1 N–H and O–H groups in total. The summed E-state index contributed by atoms with van der Waals surface area (Å²) in [5.74, 6) is 0.268. The van der Waals surface area contributed by atoms with Gasteiger partial charge in [-0.05, 0) is 25.7 Å². The molecule has 2 saturated heterocycles. The van der Waals surface area contributed by atoms with Gasteiger partial charge in [-0.15, -0.1) is 5.10 Å². The average molecular weight is 405 g/mol. The molecule has 9 heteroatoms. The van der Waals surface area contributed by atoms with E-state index in [1.165, 1.54) is 6.42 Å². The second-order valence-corrected chi connectivity index (χ2v) is 8.59. The maximum Gasteiger partial charge on any atom is 0.276 e. The molecule has 29 heavy (non-hydrogen) atoms. The minimum Gasteiger partial charge on any atom is -0.388 e. The average Bonchev–Trinajstić information content (AvgIpc) is 3.22. The zero-order valence-electron chi connectivity index (χ0n) is 17.0. The van der Waals surface area contributed by atoms with Gasteiger partial charge in [-0.3, -0.25) is 9.59 Å². The zero-order valence-corrected chi connectivity index (χ0v) is 17.0. The van der Waals surface area contributed by atoms with Gasteiger partial charge >= 0.3 is 0 Å². The molecule has 4 rings (SSSR count). The van der Waals surface area contributed by atoms with Crippen LogP contribution in [0.1, 0.15) is 55.4 Å². The number of carbonyl (C=O) groups is 2. The highest BCUT2D eigenvalue weighted by Crippen LogP contribution is 2.29. The van der Waals surface area contributed by atoms with Crippen LogP contribution in [-0.4, -0.2) is 86.7 Å². The van der Waals surface area contributed by atoms with Gasteiger partial charge in [-0.2, -0.15) is 0 Å². The largest absolute Gasteiger partial charge is 0.388 e. The van der Waals surface area contributed by atoms with E-state index in [-0.39, 0.29) is 24.3 Å². The van der Waals surface area contributed by atoms with Crippen molar-refractivity contribution in [2.75, 3.05) is 39.4 Å². The fourth-order valence-electron chi connectivity index (χ4n) is 4.61. The number of morpholine rings is 1. The molecule has 1 saturated carbocycles. The number of amides is 2. The van der Waals surface area contributed by atoms with Gasteiger partial charge in [0.25, 0.3) is 5.91 Å². The van der Waals surface area contributed by atoms with Crippen molar-refractivity contribution in [2.24, 2.45) is 5.92 Å². The molecule has 0 atom stereocenters. The Labute approximate surface area is 171 Å². The predicted molar refractivity (Wildman–Crippen MR) is 104 cm³/mol. The third-order valence-corrected chi connectivity index (χ3v) is 6.47. The lowest BCUT2D eigenvalue weighted by atomic mass is 9.86. The van der Waals surface area contributed by atoms with Crippen LogP contribution in [0.2, 0.25) is 0 Å². The molecule has 9 nitrogen and oxygen atoms in total. The highest BCUT2D eigenvalue weighted by molar-refractivity contribution is 5.92. The maximum atomic E-state index is 12.7. The minimum atomic E-state index is -0.934. The fourth-order valence-corrected chi connectivity index (χ4v) is 4.61. The van der Waals surface area contributed by atoms with Crippen molar-refractivity contribution in [3.63, 3.8) is 0 Å². The van der Waals surface area contributed by atoms with Crippen LogP contribution in [0, 0.1) is 5.92 Å². The van der Waals surface area contributed by atoms with E-state index in [0.717, 1.165) is 25.7 Å². The highest BCUT2D eigenvalue weighted by Gasteiger charge is 2.36. The van der Waals surface area contributed by atoms with Crippen LogP contribution < -0.4 is 0 Å². The fraction of sp³-hybridized carbons (Fsp3) is 0.800. The van der Waals surface area contributed by atoms with E-state index in [4.69, 9.17) is 4.74 Å². The topological polar surface area (TPSA) is 101 Å². The van der Waals surface area contributed by atoms with Crippen molar-refractivity contribution in [3.8, 4) is 0 Å². The maximum absolute atomic E-state index is 12.7. The second-order valence-electron chi connectivity index (χ2n) is 8.59. The third kappa shape index (κ3) is 4.78. The van der Waals surface area contributed by atoms with Crippen molar-refractivity contribution in [1.29, 1.82) is 0 Å². The van der Waals surface area contributed by atoms with E-state index in [1.54, 1.807) is 15.8 Å². The number of aliphatic hydroxyl groups is 1. The first-order valence-electron chi connectivity index (χ1n) is 10.8. The summed E-state index contributed by atoms with van der Waals surface area (Å²) in [5.41, 5.74) is -0.642. The molecule has 2 aliphatic heterocycles. The van der Waals surface area contributed by atoms with Crippen LogP contribution in [-0.2, 0) is 16.1 Å². The van der Waals surface area contributed by atoms with Crippen LogP contribution in [0.25, 0.3) is 0 Å². The van der Waals surface area contributed by atoms with Crippen molar-refractivity contribution in [3.05, 3.63) is 11.9 Å². The number of piperidine rings is 1. The Hall–Kier alpha value is -2.00. The SMILES string of the molecule is O=C(c1cn(CC2(O)CCN(C(=O)C3CCCCC3)CC2)nn1)N1CCOCC1. The Morgan fingerprint density at radius 1 is 1.07 bits per heavy atom. The smallest absolute Gasteiger partial charge is 0.276 e. The van der Waals surface area contributed by atoms with Crippen molar-refractivity contribution in [2.45, 2.75) is 57.1 Å². The molecule has 160 valence electrons. The predicted octanol–water partition coefficient (Wildman–Crippen LogP) is 0.684. The van der Waals surface area contributed by atoms with Gasteiger partial charge in [0.15, 0.2) is 5.69 Å². The summed E-state index contributed by atoms with van der Waals surface area (Å²) in [5, 5.41) is 19.0. The monoisotopic (exact) mass is 405 g/mol. The number of aromatic nitrogens is 3. The van der Waals surface area contributed by atoms with Gasteiger partial charge in [0.05, 0.1) is 31.6 Å². The van der Waals surface area contributed by atoms with Gasteiger partial charge in [0.2, 0.25) is 5.91 Å². The molecule has 0 unspecified atom stereocenters. The molecule has 0 spiro atoms. The Bertz CT molecular complexity index is 716. The second kappa shape index (κ2) is 8.79. The van der Waals surface area contributed by atoms with Gasteiger partial charge < -0.3 is 19.6 Å². The lowest BCUT2D eigenvalue weighted by Gasteiger charge is -2.39. The van der Waals surface area contributed by atoms with Gasteiger partial charge in [0.1, 0.15) is 0 Å². The summed E-state index contributed by atoms with van der Waals surface area (Å²) in [4.78, 5) is 28.8. The first kappa shape index (κ1) is 20.3.